The summed E-state index contributed by atoms with van der Waals surface area (Å²) in [5.74, 6) is 0.498. The molecule has 1 aliphatic carbocycles. The normalized spacial score (nSPS) is 37.6. The van der Waals surface area contributed by atoms with Gasteiger partial charge < -0.3 is 20.5 Å². The summed E-state index contributed by atoms with van der Waals surface area (Å²) in [6, 6.07) is -0.232. The number of hydrogen-bond acceptors (Lipinski definition) is 4. The molecule has 1 saturated heterocycles. The average Bonchev–Trinajstić information content (AvgIpc) is 2.37. The first-order valence-corrected chi connectivity index (χ1v) is 6.85. The molecule has 0 aromatic carbocycles. The lowest BCUT2D eigenvalue weighted by Crippen LogP contribution is -2.62. The summed E-state index contributed by atoms with van der Waals surface area (Å²) in [5.41, 5.74) is 5.59. The first-order valence-electron chi connectivity index (χ1n) is 6.85. The molecular formula is C13H24N2O3. The van der Waals surface area contributed by atoms with Crippen molar-refractivity contribution in [1.29, 1.82) is 0 Å². The van der Waals surface area contributed by atoms with Crippen LogP contribution < -0.4 is 5.73 Å². The molecule has 0 bridgehead atoms. The minimum Gasteiger partial charge on any atom is -0.394 e. The third-order valence-corrected chi connectivity index (χ3v) is 4.16. The van der Waals surface area contributed by atoms with Crippen molar-refractivity contribution < 1.29 is 14.6 Å². The zero-order chi connectivity index (χ0) is 13.2. The molecule has 5 nitrogen and oxygen atoms in total. The summed E-state index contributed by atoms with van der Waals surface area (Å²) in [6.07, 6.45) is 3.67. The van der Waals surface area contributed by atoms with E-state index in [-0.39, 0.29) is 18.6 Å². The quantitative estimate of drug-likeness (QED) is 0.735. The summed E-state index contributed by atoms with van der Waals surface area (Å²) in [6.45, 7) is 3.58. The first kappa shape index (κ1) is 13.8. The number of rotatable bonds is 2. The highest BCUT2D eigenvalue weighted by molar-refractivity contribution is 5.86. The maximum absolute atomic E-state index is 12.6. The molecule has 2 fully saturated rings. The molecule has 18 heavy (non-hydrogen) atoms. The van der Waals surface area contributed by atoms with Gasteiger partial charge in [0.25, 0.3) is 0 Å². The Kier molecular flexibility index (Phi) is 4.25. The number of amides is 1. The summed E-state index contributed by atoms with van der Waals surface area (Å²) in [5, 5.41) is 9.33. The van der Waals surface area contributed by atoms with Gasteiger partial charge in [-0.25, -0.2) is 0 Å². The second-order valence-electron chi connectivity index (χ2n) is 5.77. The molecule has 2 aliphatic rings. The fourth-order valence-electron chi connectivity index (χ4n) is 3.15. The van der Waals surface area contributed by atoms with E-state index in [4.69, 9.17) is 10.5 Å². The monoisotopic (exact) mass is 256 g/mol. The van der Waals surface area contributed by atoms with E-state index in [1.807, 2.05) is 0 Å². The molecule has 0 spiro atoms. The van der Waals surface area contributed by atoms with Crippen molar-refractivity contribution in [3.05, 3.63) is 0 Å². The van der Waals surface area contributed by atoms with Gasteiger partial charge in [-0.2, -0.15) is 0 Å². The summed E-state index contributed by atoms with van der Waals surface area (Å²) in [4.78, 5) is 14.3. The maximum atomic E-state index is 12.6. The van der Waals surface area contributed by atoms with Crippen molar-refractivity contribution in [2.75, 3.05) is 26.4 Å². The van der Waals surface area contributed by atoms with Crippen molar-refractivity contribution in [1.82, 2.24) is 4.90 Å². The Balaban J connectivity index is 2.08. The number of aliphatic hydroxyl groups is 1. The van der Waals surface area contributed by atoms with Crippen LogP contribution in [0.2, 0.25) is 0 Å². The van der Waals surface area contributed by atoms with E-state index >= 15 is 0 Å². The van der Waals surface area contributed by atoms with Gasteiger partial charge in [0, 0.05) is 6.54 Å². The standard InChI is InChI=1S/C13H24N2O3/c1-10-3-2-4-13(14,7-10)12(17)15-5-6-18-9-11(15)8-16/h10-11,16H,2-9,14H2,1H3. The molecule has 1 aliphatic heterocycles. The molecule has 1 saturated carbocycles. The Morgan fingerprint density at radius 2 is 2.39 bits per heavy atom. The Morgan fingerprint density at radius 1 is 1.61 bits per heavy atom. The Bertz CT molecular complexity index is 311. The number of nitrogens with two attached hydrogens (primary N) is 1. The number of morpholine rings is 1. The van der Waals surface area contributed by atoms with Crippen LogP contribution in [0.1, 0.15) is 32.6 Å². The molecule has 2 rings (SSSR count). The van der Waals surface area contributed by atoms with Gasteiger partial charge in [-0.1, -0.05) is 19.8 Å². The van der Waals surface area contributed by atoms with Gasteiger partial charge >= 0.3 is 0 Å². The summed E-state index contributed by atoms with van der Waals surface area (Å²) in [7, 11) is 0. The molecule has 1 amide bonds. The van der Waals surface area contributed by atoms with E-state index in [0.717, 1.165) is 25.7 Å². The minimum absolute atomic E-state index is 0.00333. The van der Waals surface area contributed by atoms with Gasteiger partial charge in [0.2, 0.25) is 5.91 Å². The van der Waals surface area contributed by atoms with Gasteiger partial charge in [0.1, 0.15) is 0 Å². The van der Waals surface area contributed by atoms with Crippen LogP contribution in [-0.4, -0.2) is 53.9 Å². The lowest BCUT2D eigenvalue weighted by Gasteiger charge is -2.43. The maximum Gasteiger partial charge on any atom is 0.243 e. The number of carbonyl (C=O) groups is 1. The molecule has 1 heterocycles. The van der Waals surface area contributed by atoms with Crippen LogP contribution in [0.4, 0.5) is 0 Å². The Hall–Kier alpha value is -0.650. The molecule has 5 heteroatoms. The number of hydrogen-bond donors (Lipinski definition) is 2. The predicted octanol–water partition coefficient (Wildman–Crippen LogP) is 0.114. The first-order chi connectivity index (χ1) is 8.57. The Labute approximate surface area is 108 Å². The highest BCUT2D eigenvalue weighted by Crippen LogP contribution is 2.32. The average molecular weight is 256 g/mol. The topological polar surface area (TPSA) is 75.8 Å². The third kappa shape index (κ3) is 2.68. The lowest BCUT2D eigenvalue weighted by molar-refractivity contribution is -0.149. The van der Waals surface area contributed by atoms with Crippen LogP contribution in [0.5, 0.6) is 0 Å². The van der Waals surface area contributed by atoms with Gasteiger partial charge in [0.05, 0.1) is 31.4 Å². The second kappa shape index (κ2) is 5.55. The number of nitrogens with zero attached hydrogens (tertiary/aromatic N) is 1. The van der Waals surface area contributed by atoms with E-state index in [1.165, 1.54) is 0 Å². The van der Waals surface area contributed by atoms with Crippen molar-refractivity contribution in [3.63, 3.8) is 0 Å². The van der Waals surface area contributed by atoms with Gasteiger partial charge in [0.15, 0.2) is 0 Å². The van der Waals surface area contributed by atoms with Crippen molar-refractivity contribution >= 4 is 5.91 Å². The summed E-state index contributed by atoms with van der Waals surface area (Å²) >= 11 is 0. The molecule has 3 unspecified atom stereocenters. The lowest BCUT2D eigenvalue weighted by atomic mass is 9.76. The van der Waals surface area contributed by atoms with Crippen molar-refractivity contribution in [2.24, 2.45) is 11.7 Å². The fourth-order valence-corrected chi connectivity index (χ4v) is 3.15. The second-order valence-corrected chi connectivity index (χ2v) is 5.77. The van der Waals surface area contributed by atoms with Crippen LogP contribution in [0.25, 0.3) is 0 Å². The largest absolute Gasteiger partial charge is 0.394 e. The van der Waals surface area contributed by atoms with E-state index in [1.54, 1.807) is 4.90 Å². The van der Waals surface area contributed by atoms with Gasteiger partial charge in [-0.3, -0.25) is 4.79 Å². The molecule has 0 aromatic rings. The van der Waals surface area contributed by atoms with Gasteiger partial charge in [-0.15, -0.1) is 0 Å². The van der Waals surface area contributed by atoms with Crippen LogP contribution in [0.15, 0.2) is 0 Å². The smallest absolute Gasteiger partial charge is 0.243 e. The highest BCUT2D eigenvalue weighted by atomic mass is 16.5. The van der Waals surface area contributed by atoms with E-state index in [9.17, 15) is 9.90 Å². The van der Waals surface area contributed by atoms with Crippen LogP contribution in [-0.2, 0) is 9.53 Å². The summed E-state index contributed by atoms with van der Waals surface area (Å²) < 4.78 is 5.30. The zero-order valence-electron chi connectivity index (χ0n) is 11.1. The van der Waals surface area contributed by atoms with Crippen molar-refractivity contribution in [3.8, 4) is 0 Å². The molecular weight excluding hydrogens is 232 g/mol. The molecule has 3 N–H and O–H groups in total. The Morgan fingerprint density at radius 3 is 3.06 bits per heavy atom. The zero-order valence-corrected chi connectivity index (χ0v) is 11.1. The fraction of sp³-hybridized carbons (Fsp3) is 0.923. The van der Waals surface area contributed by atoms with Crippen molar-refractivity contribution in [2.45, 2.75) is 44.2 Å². The predicted molar refractivity (Wildman–Crippen MR) is 68.0 cm³/mol. The molecule has 0 radical (unpaired) electrons. The van der Waals surface area contributed by atoms with Crippen LogP contribution >= 0.6 is 0 Å². The van der Waals surface area contributed by atoms with Crippen LogP contribution in [0.3, 0.4) is 0 Å². The third-order valence-electron chi connectivity index (χ3n) is 4.16. The number of aliphatic hydroxyl groups excluding tert-OH is 1. The van der Waals surface area contributed by atoms with Gasteiger partial charge in [-0.05, 0) is 18.8 Å². The molecule has 0 aromatic heterocycles. The molecule has 3 atom stereocenters. The molecule has 104 valence electrons. The highest BCUT2D eigenvalue weighted by Gasteiger charge is 2.42. The SMILES string of the molecule is CC1CCCC(N)(C(=O)N2CCOCC2CO)C1. The van der Waals surface area contributed by atoms with E-state index < -0.39 is 5.54 Å². The number of carbonyl (C=O) groups excluding carboxylic acids is 1. The number of ether oxygens (including phenoxy) is 1. The van der Waals surface area contributed by atoms with E-state index in [0.29, 0.717) is 25.7 Å². The minimum atomic E-state index is -0.734. The van der Waals surface area contributed by atoms with E-state index in [2.05, 4.69) is 6.92 Å². The van der Waals surface area contributed by atoms with Crippen LogP contribution in [0, 0.1) is 5.92 Å².